The van der Waals surface area contributed by atoms with Crippen molar-refractivity contribution in [2.75, 3.05) is 20.8 Å². The number of hydrogen-bond donors (Lipinski definition) is 1. The maximum Gasteiger partial charge on any atom is 0.240 e. The van der Waals surface area contributed by atoms with Gasteiger partial charge in [-0.2, -0.15) is 0 Å². The smallest absolute Gasteiger partial charge is 0.240 e. The van der Waals surface area contributed by atoms with Gasteiger partial charge in [-0.05, 0) is 48.2 Å². The number of sulfonamides is 1. The maximum absolute atomic E-state index is 12.4. The second-order valence-corrected chi connectivity index (χ2v) is 7.53. The van der Waals surface area contributed by atoms with Crippen molar-refractivity contribution in [3.8, 4) is 11.5 Å². The van der Waals surface area contributed by atoms with Crippen molar-refractivity contribution in [2.24, 2.45) is 0 Å². The minimum atomic E-state index is -3.51. The average molecular weight is 363 g/mol. The van der Waals surface area contributed by atoms with E-state index in [9.17, 15) is 8.42 Å². The van der Waals surface area contributed by atoms with Gasteiger partial charge in [-0.3, -0.25) is 0 Å². The number of ether oxygens (including phenoxy) is 2. The van der Waals surface area contributed by atoms with Gasteiger partial charge in [0.1, 0.15) is 11.5 Å². The highest BCUT2D eigenvalue weighted by Gasteiger charge is 2.13. The molecule has 0 saturated heterocycles. The van der Waals surface area contributed by atoms with Gasteiger partial charge in [-0.1, -0.05) is 25.5 Å². The van der Waals surface area contributed by atoms with Crippen LogP contribution in [0.25, 0.3) is 0 Å². The molecule has 0 aromatic heterocycles. The predicted octanol–water partition coefficient (Wildman–Crippen LogP) is 3.18. The predicted molar refractivity (Wildman–Crippen MR) is 98.9 cm³/mol. The van der Waals surface area contributed by atoms with Crippen LogP contribution in [0.15, 0.2) is 47.4 Å². The molecule has 2 aromatic carbocycles. The normalized spacial score (nSPS) is 11.3. The molecule has 6 heteroatoms. The van der Waals surface area contributed by atoms with Crippen LogP contribution in [-0.4, -0.2) is 29.2 Å². The van der Waals surface area contributed by atoms with Gasteiger partial charge in [-0.15, -0.1) is 0 Å². The number of nitrogens with one attached hydrogen (secondary N) is 1. The lowest BCUT2D eigenvalue weighted by Gasteiger charge is -2.10. The van der Waals surface area contributed by atoms with Gasteiger partial charge in [-0.25, -0.2) is 13.1 Å². The Hall–Kier alpha value is -2.05. The van der Waals surface area contributed by atoms with Crippen LogP contribution < -0.4 is 14.2 Å². The quantitative estimate of drug-likeness (QED) is 0.743. The topological polar surface area (TPSA) is 64.6 Å². The molecule has 2 rings (SSSR count). The highest BCUT2D eigenvalue weighted by molar-refractivity contribution is 7.89. The van der Waals surface area contributed by atoms with Crippen molar-refractivity contribution in [2.45, 2.75) is 31.1 Å². The van der Waals surface area contributed by atoms with Gasteiger partial charge in [0.2, 0.25) is 10.0 Å². The van der Waals surface area contributed by atoms with Crippen molar-refractivity contribution >= 4 is 10.0 Å². The van der Waals surface area contributed by atoms with Gasteiger partial charge in [0.25, 0.3) is 0 Å². The summed E-state index contributed by atoms with van der Waals surface area (Å²) in [6.07, 6.45) is 2.53. The molecule has 0 aliphatic rings. The van der Waals surface area contributed by atoms with E-state index in [4.69, 9.17) is 9.47 Å². The molecule has 1 N–H and O–H groups in total. The van der Waals surface area contributed by atoms with Gasteiger partial charge in [0.15, 0.2) is 0 Å². The highest BCUT2D eigenvalue weighted by Crippen LogP contribution is 2.22. The highest BCUT2D eigenvalue weighted by atomic mass is 32.2. The lowest BCUT2D eigenvalue weighted by molar-refractivity contribution is 0.393. The summed E-state index contributed by atoms with van der Waals surface area (Å²) in [7, 11) is -0.332. The Balaban J connectivity index is 2.00. The Morgan fingerprint density at radius 1 is 0.880 bits per heavy atom. The largest absolute Gasteiger partial charge is 0.497 e. The maximum atomic E-state index is 12.4. The first kappa shape index (κ1) is 19.3. The van der Waals surface area contributed by atoms with Gasteiger partial charge in [0.05, 0.1) is 19.1 Å². The molecule has 0 spiro atoms. The number of methoxy groups -OCH3 is 2. The second kappa shape index (κ2) is 8.87. The van der Waals surface area contributed by atoms with Crippen molar-refractivity contribution in [3.63, 3.8) is 0 Å². The van der Waals surface area contributed by atoms with Crippen LogP contribution in [0.2, 0.25) is 0 Å². The number of rotatable bonds is 9. The third-order valence-corrected chi connectivity index (χ3v) is 5.37. The molecule has 0 atom stereocenters. The molecule has 136 valence electrons. The molecular formula is C19H25NO4S. The van der Waals surface area contributed by atoms with Gasteiger partial charge >= 0.3 is 0 Å². The van der Waals surface area contributed by atoms with E-state index in [1.165, 1.54) is 0 Å². The van der Waals surface area contributed by atoms with Crippen molar-refractivity contribution < 1.29 is 17.9 Å². The second-order valence-electron chi connectivity index (χ2n) is 5.76. The zero-order valence-corrected chi connectivity index (χ0v) is 15.7. The van der Waals surface area contributed by atoms with E-state index in [1.807, 2.05) is 24.3 Å². The van der Waals surface area contributed by atoms with Crippen molar-refractivity contribution in [1.82, 2.24) is 4.72 Å². The fraction of sp³-hybridized carbons (Fsp3) is 0.368. The molecule has 0 saturated carbocycles. The minimum Gasteiger partial charge on any atom is -0.497 e. The SMILES string of the molecule is CCCc1ccc(S(=O)(=O)NCCc2cc(OC)cc(OC)c2)cc1. The molecule has 25 heavy (non-hydrogen) atoms. The van der Waals surface area contributed by atoms with Gasteiger partial charge < -0.3 is 9.47 Å². The summed E-state index contributed by atoms with van der Waals surface area (Å²) >= 11 is 0. The fourth-order valence-corrected chi connectivity index (χ4v) is 3.58. The number of benzene rings is 2. The lowest BCUT2D eigenvalue weighted by atomic mass is 10.1. The fourth-order valence-electron chi connectivity index (χ4n) is 2.55. The van der Waals surface area contributed by atoms with E-state index in [0.717, 1.165) is 24.0 Å². The number of aryl methyl sites for hydroxylation is 1. The Labute approximate surface area is 150 Å². The summed E-state index contributed by atoms with van der Waals surface area (Å²) in [5.41, 5.74) is 2.09. The zero-order valence-electron chi connectivity index (χ0n) is 14.9. The van der Waals surface area contributed by atoms with E-state index < -0.39 is 10.0 Å². The molecule has 0 bridgehead atoms. The lowest BCUT2D eigenvalue weighted by Crippen LogP contribution is -2.26. The minimum absolute atomic E-state index is 0.288. The van der Waals surface area contributed by atoms with Crippen LogP contribution in [0.1, 0.15) is 24.5 Å². The third-order valence-electron chi connectivity index (χ3n) is 3.89. The Morgan fingerprint density at radius 2 is 1.48 bits per heavy atom. The van der Waals surface area contributed by atoms with Crippen LogP contribution >= 0.6 is 0 Å². The van der Waals surface area contributed by atoms with Crippen LogP contribution in [-0.2, 0) is 22.9 Å². The molecular weight excluding hydrogens is 338 g/mol. The van der Waals surface area contributed by atoms with Crippen LogP contribution in [0, 0.1) is 0 Å². The Bertz CT molecular complexity index is 763. The van der Waals surface area contributed by atoms with Crippen LogP contribution in [0.5, 0.6) is 11.5 Å². The zero-order chi connectivity index (χ0) is 18.3. The molecule has 2 aromatic rings. The van der Waals surface area contributed by atoms with Gasteiger partial charge in [0, 0.05) is 12.6 Å². The molecule has 5 nitrogen and oxygen atoms in total. The van der Waals surface area contributed by atoms with E-state index >= 15 is 0 Å². The molecule has 0 aliphatic heterocycles. The van der Waals surface area contributed by atoms with Crippen molar-refractivity contribution in [3.05, 3.63) is 53.6 Å². The van der Waals surface area contributed by atoms with E-state index in [2.05, 4.69) is 11.6 Å². The molecule has 0 radical (unpaired) electrons. The van der Waals surface area contributed by atoms with Crippen molar-refractivity contribution in [1.29, 1.82) is 0 Å². The molecule has 0 fully saturated rings. The molecule has 0 heterocycles. The Morgan fingerprint density at radius 3 is 2.00 bits per heavy atom. The van der Waals surface area contributed by atoms with E-state index in [-0.39, 0.29) is 4.90 Å². The summed E-state index contributed by atoms with van der Waals surface area (Å²) < 4.78 is 37.8. The van der Waals surface area contributed by atoms with E-state index in [1.54, 1.807) is 32.4 Å². The molecule has 0 unspecified atom stereocenters. The van der Waals surface area contributed by atoms with E-state index in [0.29, 0.717) is 24.5 Å². The monoisotopic (exact) mass is 363 g/mol. The Kier molecular flexibility index (Phi) is 6.84. The molecule has 0 amide bonds. The van der Waals surface area contributed by atoms with Crippen LogP contribution in [0.3, 0.4) is 0 Å². The van der Waals surface area contributed by atoms with Crippen LogP contribution in [0.4, 0.5) is 0 Å². The summed E-state index contributed by atoms with van der Waals surface area (Å²) in [4.78, 5) is 0.288. The summed E-state index contributed by atoms with van der Waals surface area (Å²) in [6, 6.07) is 12.6. The average Bonchev–Trinajstić information content (AvgIpc) is 2.62. The number of hydrogen-bond acceptors (Lipinski definition) is 4. The standard InChI is InChI=1S/C19H25NO4S/c1-4-5-15-6-8-19(9-7-15)25(21,22)20-11-10-16-12-17(23-2)14-18(13-16)24-3/h6-9,12-14,20H,4-5,10-11H2,1-3H3. The summed E-state index contributed by atoms with van der Waals surface area (Å²) in [5.74, 6) is 1.37. The summed E-state index contributed by atoms with van der Waals surface area (Å²) in [6.45, 7) is 2.40. The summed E-state index contributed by atoms with van der Waals surface area (Å²) in [5, 5.41) is 0. The first-order chi connectivity index (χ1) is 12.0. The first-order valence-electron chi connectivity index (χ1n) is 8.29. The first-order valence-corrected chi connectivity index (χ1v) is 9.77. The third kappa shape index (κ3) is 5.47. The molecule has 0 aliphatic carbocycles.